The van der Waals surface area contributed by atoms with Gasteiger partial charge in [-0.25, -0.2) is 4.90 Å². The lowest BCUT2D eigenvalue weighted by Crippen LogP contribution is -2.33. The molecule has 128 valence electrons. The quantitative estimate of drug-likeness (QED) is 0.359. The number of hydrogen-bond donors (Lipinski definition) is 0. The van der Waals surface area contributed by atoms with Gasteiger partial charge in [0.1, 0.15) is 5.69 Å². The van der Waals surface area contributed by atoms with Crippen LogP contribution in [0, 0.1) is 40.7 Å². The van der Waals surface area contributed by atoms with Gasteiger partial charge in [0.25, 0.3) is 5.69 Å². The van der Waals surface area contributed by atoms with E-state index in [9.17, 15) is 19.7 Å². The van der Waals surface area contributed by atoms with Crippen LogP contribution in [-0.4, -0.2) is 16.7 Å². The van der Waals surface area contributed by atoms with Gasteiger partial charge in [0.2, 0.25) is 11.8 Å². The van der Waals surface area contributed by atoms with E-state index in [4.69, 9.17) is 0 Å². The molecule has 25 heavy (non-hydrogen) atoms. The summed E-state index contributed by atoms with van der Waals surface area (Å²) in [6.07, 6.45) is 4.01. The molecule has 0 spiro atoms. The average Bonchev–Trinajstić information content (AvgIpc) is 3.18. The highest BCUT2D eigenvalue weighted by Gasteiger charge is 2.62. The first-order chi connectivity index (χ1) is 11.8. The molecule has 0 aromatic heterocycles. The van der Waals surface area contributed by atoms with E-state index < -0.39 is 16.8 Å². The maximum Gasteiger partial charge on any atom is 0.293 e. The predicted molar refractivity (Wildman–Crippen MR) is 91.8 cm³/mol. The number of nitro benzene ring substituents is 1. The summed E-state index contributed by atoms with van der Waals surface area (Å²) in [6.45, 7) is 5.74. The van der Waals surface area contributed by atoms with Crippen molar-refractivity contribution in [3.05, 3.63) is 57.2 Å². The largest absolute Gasteiger partial charge is 0.293 e. The standard InChI is InChI=1S/C19H18N2O4/c1-9(2)15-11-5-6-12(15)17-16(11)18(22)20(19(17)23)13-7-4-10(3)8-14(13)21(24)25/h4-8,11-12,16-17H,1-3H3/t11-,12-,16-,17-/m1/s1. The van der Waals surface area contributed by atoms with Gasteiger partial charge in [-0.15, -0.1) is 0 Å². The van der Waals surface area contributed by atoms with Gasteiger partial charge >= 0.3 is 0 Å². The van der Waals surface area contributed by atoms with E-state index in [-0.39, 0.29) is 35.0 Å². The van der Waals surface area contributed by atoms with Gasteiger partial charge < -0.3 is 0 Å². The maximum absolute atomic E-state index is 13.0. The van der Waals surface area contributed by atoms with Crippen molar-refractivity contribution in [2.24, 2.45) is 23.7 Å². The molecular formula is C19H18N2O4. The second kappa shape index (κ2) is 5.12. The number of carbonyl (C=O) groups excluding carboxylic acids is 2. The summed E-state index contributed by atoms with van der Waals surface area (Å²) < 4.78 is 0. The van der Waals surface area contributed by atoms with Crippen molar-refractivity contribution in [3.8, 4) is 0 Å². The fourth-order valence-electron chi connectivity index (χ4n) is 4.64. The van der Waals surface area contributed by atoms with Crippen molar-refractivity contribution >= 4 is 23.2 Å². The Morgan fingerprint density at radius 1 is 1.08 bits per heavy atom. The monoisotopic (exact) mass is 338 g/mol. The minimum atomic E-state index is -0.536. The molecule has 1 heterocycles. The van der Waals surface area contributed by atoms with Gasteiger partial charge in [0, 0.05) is 17.9 Å². The lowest BCUT2D eigenvalue weighted by Gasteiger charge is -2.19. The number of nitro groups is 1. The molecule has 1 aliphatic heterocycles. The third-order valence-corrected chi connectivity index (χ3v) is 5.56. The molecule has 1 saturated carbocycles. The summed E-state index contributed by atoms with van der Waals surface area (Å²) in [4.78, 5) is 38.0. The number of carbonyl (C=O) groups is 2. The third kappa shape index (κ3) is 1.97. The van der Waals surface area contributed by atoms with Crippen molar-refractivity contribution < 1.29 is 14.5 Å². The van der Waals surface area contributed by atoms with Crippen LogP contribution in [0.2, 0.25) is 0 Å². The Balaban J connectivity index is 1.81. The molecule has 6 heteroatoms. The summed E-state index contributed by atoms with van der Waals surface area (Å²) in [5.41, 5.74) is 2.89. The number of hydrogen-bond acceptors (Lipinski definition) is 4. The molecule has 3 aliphatic rings. The molecule has 0 unspecified atom stereocenters. The molecule has 1 saturated heterocycles. The molecule has 2 aliphatic carbocycles. The van der Waals surface area contributed by atoms with Crippen LogP contribution in [0.1, 0.15) is 19.4 Å². The molecular weight excluding hydrogens is 320 g/mol. The summed E-state index contributed by atoms with van der Waals surface area (Å²) in [7, 11) is 0. The third-order valence-electron chi connectivity index (χ3n) is 5.56. The molecule has 4 atom stereocenters. The van der Waals surface area contributed by atoms with E-state index in [1.165, 1.54) is 12.1 Å². The van der Waals surface area contributed by atoms with Crippen LogP contribution >= 0.6 is 0 Å². The number of nitrogens with zero attached hydrogens (tertiary/aromatic N) is 2. The summed E-state index contributed by atoms with van der Waals surface area (Å²) in [6, 6.07) is 4.59. The zero-order chi connectivity index (χ0) is 18.0. The van der Waals surface area contributed by atoms with Crippen LogP contribution in [0.5, 0.6) is 0 Å². The van der Waals surface area contributed by atoms with Gasteiger partial charge in [0.15, 0.2) is 0 Å². The molecule has 2 bridgehead atoms. The first kappa shape index (κ1) is 15.7. The highest BCUT2D eigenvalue weighted by molar-refractivity contribution is 6.24. The lowest BCUT2D eigenvalue weighted by atomic mass is 9.85. The van der Waals surface area contributed by atoms with Crippen molar-refractivity contribution in [1.82, 2.24) is 0 Å². The number of amides is 2. The summed E-state index contributed by atoms with van der Waals surface area (Å²) >= 11 is 0. The molecule has 6 nitrogen and oxygen atoms in total. The minimum absolute atomic E-state index is 0.0639. The van der Waals surface area contributed by atoms with Gasteiger partial charge in [-0.3, -0.25) is 19.7 Å². The minimum Gasteiger partial charge on any atom is -0.274 e. The topological polar surface area (TPSA) is 80.5 Å². The van der Waals surface area contributed by atoms with Crippen LogP contribution in [0.3, 0.4) is 0 Å². The van der Waals surface area contributed by atoms with E-state index in [0.717, 1.165) is 16.0 Å². The highest BCUT2D eigenvalue weighted by atomic mass is 16.6. The van der Waals surface area contributed by atoms with Crippen LogP contribution < -0.4 is 4.90 Å². The van der Waals surface area contributed by atoms with Crippen molar-refractivity contribution in [3.63, 3.8) is 0 Å². The van der Waals surface area contributed by atoms with Gasteiger partial charge in [-0.1, -0.05) is 29.4 Å². The summed E-state index contributed by atoms with van der Waals surface area (Å²) in [5.74, 6) is -1.64. The number of fused-ring (bicyclic) bond motifs is 5. The average molecular weight is 338 g/mol. The van der Waals surface area contributed by atoms with Crippen LogP contribution in [-0.2, 0) is 9.59 Å². The SMILES string of the molecule is CC(C)=C1[C@H]2C=C[C@H]1[C@H]1C(=O)N(c3ccc(C)cc3[N+](=O)[O-])C(=O)[C@@H]12. The smallest absolute Gasteiger partial charge is 0.274 e. The van der Waals surface area contributed by atoms with Gasteiger partial charge in [0.05, 0.1) is 16.8 Å². The Hall–Kier alpha value is -2.76. The number of benzene rings is 1. The van der Waals surface area contributed by atoms with Crippen LogP contribution in [0.15, 0.2) is 41.5 Å². The van der Waals surface area contributed by atoms with Crippen molar-refractivity contribution in [2.75, 3.05) is 4.90 Å². The first-order valence-electron chi connectivity index (χ1n) is 8.31. The molecule has 0 radical (unpaired) electrons. The Bertz CT molecular complexity index is 861. The molecule has 1 aromatic rings. The number of anilines is 1. The Kier molecular flexibility index (Phi) is 3.22. The fraction of sp³-hybridized carbons (Fsp3) is 0.368. The number of aryl methyl sites for hydroxylation is 1. The van der Waals surface area contributed by atoms with E-state index >= 15 is 0 Å². The molecule has 1 aromatic carbocycles. The highest BCUT2D eigenvalue weighted by Crippen LogP contribution is 2.57. The number of rotatable bonds is 2. The number of imide groups is 1. The lowest BCUT2D eigenvalue weighted by molar-refractivity contribution is -0.384. The molecule has 2 amide bonds. The normalized spacial score (nSPS) is 29.6. The number of allylic oxidation sites excluding steroid dienone is 4. The van der Waals surface area contributed by atoms with Crippen LogP contribution in [0.4, 0.5) is 11.4 Å². The van der Waals surface area contributed by atoms with E-state index in [2.05, 4.69) is 0 Å². The maximum atomic E-state index is 13.0. The predicted octanol–water partition coefficient (Wildman–Crippen LogP) is 3.16. The zero-order valence-electron chi connectivity index (χ0n) is 14.2. The molecule has 4 rings (SSSR count). The second-order valence-electron chi connectivity index (χ2n) is 7.20. The second-order valence-corrected chi connectivity index (χ2v) is 7.20. The first-order valence-corrected chi connectivity index (χ1v) is 8.31. The van der Waals surface area contributed by atoms with E-state index in [1.54, 1.807) is 13.0 Å². The van der Waals surface area contributed by atoms with E-state index in [0.29, 0.717) is 5.56 Å². The van der Waals surface area contributed by atoms with Crippen molar-refractivity contribution in [2.45, 2.75) is 20.8 Å². The zero-order valence-corrected chi connectivity index (χ0v) is 14.2. The van der Waals surface area contributed by atoms with Crippen LogP contribution in [0.25, 0.3) is 0 Å². The van der Waals surface area contributed by atoms with Gasteiger partial charge in [-0.2, -0.15) is 0 Å². The van der Waals surface area contributed by atoms with E-state index in [1.807, 2.05) is 26.0 Å². The molecule has 0 N–H and O–H groups in total. The van der Waals surface area contributed by atoms with Gasteiger partial charge in [-0.05, 0) is 32.4 Å². The Morgan fingerprint density at radius 3 is 2.12 bits per heavy atom. The summed E-state index contributed by atoms with van der Waals surface area (Å²) in [5, 5.41) is 11.4. The molecule has 2 fully saturated rings. The van der Waals surface area contributed by atoms with Crippen molar-refractivity contribution in [1.29, 1.82) is 0 Å². The Morgan fingerprint density at radius 2 is 1.64 bits per heavy atom. The Labute approximate surface area is 145 Å². The fourth-order valence-corrected chi connectivity index (χ4v) is 4.64.